The summed E-state index contributed by atoms with van der Waals surface area (Å²) in [6.07, 6.45) is 5.01. The second-order valence-corrected chi connectivity index (χ2v) is 5.26. The van der Waals surface area contributed by atoms with Crippen LogP contribution >= 0.6 is 0 Å². The molecular weight excluding hydrogens is 234 g/mol. The molecular formula is C16H15N3. The van der Waals surface area contributed by atoms with Gasteiger partial charge in [0, 0.05) is 35.4 Å². The molecule has 3 aromatic rings. The first-order valence-corrected chi connectivity index (χ1v) is 6.60. The lowest BCUT2D eigenvalue weighted by atomic mass is 10.1. The Hall–Kier alpha value is -2.13. The van der Waals surface area contributed by atoms with Crippen molar-refractivity contribution in [2.75, 3.05) is 0 Å². The number of pyridine rings is 1. The van der Waals surface area contributed by atoms with Crippen molar-refractivity contribution in [3.8, 4) is 11.3 Å². The first-order chi connectivity index (χ1) is 9.31. The maximum absolute atomic E-state index is 5.87. The van der Waals surface area contributed by atoms with Gasteiger partial charge in [0.2, 0.25) is 0 Å². The molecule has 0 spiro atoms. The van der Waals surface area contributed by atoms with Gasteiger partial charge in [-0.3, -0.25) is 4.98 Å². The van der Waals surface area contributed by atoms with Crippen LogP contribution in [0.1, 0.15) is 17.9 Å². The third kappa shape index (κ3) is 1.83. The molecule has 0 aliphatic heterocycles. The van der Waals surface area contributed by atoms with Crippen LogP contribution in [0.3, 0.4) is 0 Å². The van der Waals surface area contributed by atoms with E-state index < -0.39 is 0 Å². The fourth-order valence-corrected chi connectivity index (χ4v) is 2.60. The van der Waals surface area contributed by atoms with E-state index >= 15 is 0 Å². The summed E-state index contributed by atoms with van der Waals surface area (Å²) in [5.74, 6) is 0.521. The summed E-state index contributed by atoms with van der Waals surface area (Å²) in [7, 11) is 0. The zero-order chi connectivity index (χ0) is 12.8. The highest BCUT2D eigenvalue weighted by Crippen LogP contribution is 2.38. The number of rotatable bonds is 2. The SMILES string of the molecule is N[C@H]1C[C@@H]1c1ccc(-c2ccc3cc[nH]c3c2)nc1. The topological polar surface area (TPSA) is 54.7 Å². The summed E-state index contributed by atoms with van der Waals surface area (Å²) >= 11 is 0. The van der Waals surface area contributed by atoms with Gasteiger partial charge in [-0.2, -0.15) is 0 Å². The standard InChI is InChI=1S/C16H15N3/c17-14-8-13(14)12-3-4-15(19-9-12)11-2-1-10-5-6-18-16(10)7-11/h1-7,9,13-14,18H,8,17H2/t13-,14+/m1/s1. The average molecular weight is 249 g/mol. The van der Waals surface area contributed by atoms with Gasteiger partial charge in [0.25, 0.3) is 0 Å². The maximum atomic E-state index is 5.87. The first-order valence-electron chi connectivity index (χ1n) is 6.60. The third-order valence-electron chi connectivity index (χ3n) is 3.91. The zero-order valence-electron chi connectivity index (χ0n) is 10.5. The molecule has 1 aliphatic carbocycles. The molecule has 2 heterocycles. The van der Waals surface area contributed by atoms with E-state index in [1.807, 2.05) is 12.4 Å². The monoisotopic (exact) mass is 249 g/mol. The predicted octanol–water partition coefficient (Wildman–Crippen LogP) is 3.04. The summed E-state index contributed by atoms with van der Waals surface area (Å²) in [4.78, 5) is 7.80. The van der Waals surface area contributed by atoms with Crippen molar-refractivity contribution in [3.05, 3.63) is 54.4 Å². The summed E-state index contributed by atoms with van der Waals surface area (Å²) < 4.78 is 0. The molecule has 94 valence electrons. The first kappa shape index (κ1) is 10.8. The number of benzene rings is 1. The third-order valence-corrected chi connectivity index (χ3v) is 3.91. The van der Waals surface area contributed by atoms with E-state index in [0.29, 0.717) is 12.0 Å². The Morgan fingerprint density at radius 3 is 2.79 bits per heavy atom. The largest absolute Gasteiger partial charge is 0.361 e. The molecule has 0 radical (unpaired) electrons. The molecule has 0 amide bonds. The Morgan fingerprint density at radius 2 is 2.05 bits per heavy atom. The van der Waals surface area contributed by atoms with Crippen LogP contribution in [-0.2, 0) is 0 Å². The second kappa shape index (κ2) is 3.93. The maximum Gasteiger partial charge on any atom is 0.0702 e. The fourth-order valence-electron chi connectivity index (χ4n) is 2.60. The number of aromatic nitrogens is 2. The quantitative estimate of drug-likeness (QED) is 0.733. The van der Waals surface area contributed by atoms with Crippen LogP contribution in [-0.4, -0.2) is 16.0 Å². The Kier molecular flexibility index (Phi) is 2.23. The summed E-state index contributed by atoms with van der Waals surface area (Å²) in [6, 6.07) is 13.0. The number of hydrogen-bond donors (Lipinski definition) is 2. The van der Waals surface area contributed by atoms with Gasteiger partial charge in [0.05, 0.1) is 5.69 Å². The number of fused-ring (bicyclic) bond motifs is 1. The summed E-state index contributed by atoms with van der Waals surface area (Å²) in [6.45, 7) is 0. The highest BCUT2D eigenvalue weighted by molar-refractivity contribution is 5.84. The van der Waals surface area contributed by atoms with Gasteiger partial charge in [0.15, 0.2) is 0 Å². The van der Waals surface area contributed by atoms with Crippen molar-refractivity contribution < 1.29 is 0 Å². The Bertz CT molecular complexity index is 727. The Labute approximate surface area is 111 Å². The molecule has 0 saturated heterocycles. The number of nitrogens with two attached hydrogens (primary N) is 1. The molecule has 0 bridgehead atoms. The molecule has 4 rings (SSSR count). The number of nitrogens with one attached hydrogen (secondary N) is 1. The van der Waals surface area contributed by atoms with E-state index in [9.17, 15) is 0 Å². The molecule has 1 saturated carbocycles. The van der Waals surface area contributed by atoms with Gasteiger partial charge >= 0.3 is 0 Å². The number of aromatic amines is 1. The second-order valence-electron chi connectivity index (χ2n) is 5.26. The van der Waals surface area contributed by atoms with Crippen molar-refractivity contribution in [1.29, 1.82) is 0 Å². The minimum absolute atomic E-state index is 0.336. The van der Waals surface area contributed by atoms with Crippen LogP contribution in [0.25, 0.3) is 22.2 Å². The van der Waals surface area contributed by atoms with Gasteiger partial charge in [-0.1, -0.05) is 18.2 Å². The molecule has 3 nitrogen and oxygen atoms in total. The van der Waals surface area contributed by atoms with Crippen LogP contribution < -0.4 is 5.73 Å². The zero-order valence-corrected chi connectivity index (χ0v) is 10.5. The van der Waals surface area contributed by atoms with E-state index in [4.69, 9.17) is 5.73 Å². The normalized spacial score (nSPS) is 21.7. The van der Waals surface area contributed by atoms with Crippen molar-refractivity contribution >= 4 is 10.9 Å². The van der Waals surface area contributed by atoms with Gasteiger partial charge < -0.3 is 10.7 Å². The van der Waals surface area contributed by atoms with Crippen LogP contribution in [0.15, 0.2) is 48.8 Å². The molecule has 0 unspecified atom stereocenters. The van der Waals surface area contributed by atoms with Gasteiger partial charge in [-0.15, -0.1) is 0 Å². The highest BCUT2D eigenvalue weighted by atomic mass is 14.8. The highest BCUT2D eigenvalue weighted by Gasteiger charge is 2.34. The minimum Gasteiger partial charge on any atom is -0.361 e. The van der Waals surface area contributed by atoms with Crippen LogP contribution in [0.2, 0.25) is 0 Å². The smallest absolute Gasteiger partial charge is 0.0702 e. The molecule has 2 aromatic heterocycles. The molecule has 1 aromatic carbocycles. The van der Waals surface area contributed by atoms with E-state index in [0.717, 1.165) is 23.2 Å². The van der Waals surface area contributed by atoms with Crippen molar-refractivity contribution in [2.24, 2.45) is 5.73 Å². The lowest BCUT2D eigenvalue weighted by Crippen LogP contribution is -2.01. The predicted molar refractivity (Wildman–Crippen MR) is 76.9 cm³/mol. The Balaban J connectivity index is 1.70. The lowest BCUT2D eigenvalue weighted by molar-refractivity contribution is 0.981. The van der Waals surface area contributed by atoms with E-state index in [1.165, 1.54) is 10.9 Å². The van der Waals surface area contributed by atoms with E-state index in [-0.39, 0.29) is 0 Å². The molecule has 2 atom stereocenters. The van der Waals surface area contributed by atoms with Gasteiger partial charge in [-0.05, 0) is 35.6 Å². The number of H-pyrrole nitrogens is 1. The molecule has 3 heteroatoms. The van der Waals surface area contributed by atoms with Gasteiger partial charge in [-0.25, -0.2) is 0 Å². The number of hydrogen-bond acceptors (Lipinski definition) is 2. The minimum atomic E-state index is 0.336. The number of nitrogens with zero attached hydrogens (tertiary/aromatic N) is 1. The van der Waals surface area contributed by atoms with E-state index in [2.05, 4.69) is 46.4 Å². The fraction of sp³-hybridized carbons (Fsp3) is 0.188. The summed E-state index contributed by atoms with van der Waals surface area (Å²) in [5.41, 5.74) is 10.4. The van der Waals surface area contributed by atoms with Crippen LogP contribution in [0, 0.1) is 0 Å². The van der Waals surface area contributed by atoms with Crippen LogP contribution in [0.4, 0.5) is 0 Å². The molecule has 1 aliphatic rings. The van der Waals surface area contributed by atoms with Crippen molar-refractivity contribution in [3.63, 3.8) is 0 Å². The molecule has 1 fully saturated rings. The Morgan fingerprint density at radius 1 is 1.16 bits per heavy atom. The molecule has 19 heavy (non-hydrogen) atoms. The molecule has 3 N–H and O–H groups in total. The van der Waals surface area contributed by atoms with Crippen molar-refractivity contribution in [1.82, 2.24) is 9.97 Å². The van der Waals surface area contributed by atoms with Crippen LogP contribution in [0.5, 0.6) is 0 Å². The summed E-state index contributed by atoms with van der Waals surface area (Å²) in [5, 5.41) is 1.23. The van der Waals surface area contributed by atoms with Gasteiger partial charge in [0.1, 0.15) is 0 Å². The van der Waals surface area contributed by atoms with E-state index in [1.54, 1.807) is 0 Å². The van der Waals surface area contributed by atoms with Crippen molar-refractivity contribution in [2.45, 2.75) is 18.4 Å². The average Bonchev–Trinajstić information content (AvgIpc) is 3.00. The lowest BCUT2D eigenvalue weighted by Gasteiger charge is -2.03.